The zero-order valence-electron chi connectivity index (χ0n) is 11.4. The van der Waals surface area contributed by atoms with E-state index in [1.165, 1.54) is 22.7 Å². The summed E-state index contributed by atoms with van der Waals surface area (Å²) in [7, 11) is 0. The van der Waals surface area contributed by atoms with Crippen molar-refractivity contribution in [1.82, 2.24) is 4.98 Å². The fourth-order valence-electron chi connectivity index (χ4n) is 1.68. The molecule has 0 aliphatic heterocycles. The maximum Gasteiger partial charge on any atom is 0.341 e. The highest BCUT2D eigenvalue weighted by atomic mass is 32.1. The van der Waals surface area contributed by atoms with Crippen LogP contribution >= 0.6 is 22.7 Å². The predicted octanol–water partition coefficient (Wildman–Crippen LogP) is 3.25. The van der Waals surface area contributed by atoms with E-state index in [1.54, 1.807) is 25.3 Å². The van der Waals surface area contributed by atoms with Crippen molar-refractivity contribution in [2.75, 3.05) is 11.9 Å². The quantitative estimate of drug-likeness (QED) is 0.880. The van der Waals surface area contributed by atoms with Gasteiger partial charge in [0, 0.05) is 0 Å². The highest BCUT2D eigenvalue weighted by Gasteiger charge is 2.19. The standard InChI is InChI=1S/C13H14N2O3S2/c1-4-18-13(17)9-5-6-19-12(9)15-11(16)10-7(2)14-8(3)20-10/h5-6H,4H2,1-3H3,(H,15,16). The SMILES string of the molecule is CCOC(=O)c1ccsc1NC(=O)c1sc(C)nc1C. The summed E-state index contributed by atoms with van der Waals surface area (Å²) in [4.78, 5) is 28.7. The van der Waals surface area contributed by atoms with Crippen LogP contribution in [0.15, 0.2) is 11.4 Å². The van der Waals surface area contributed by atoms with E-state index in [9.17, 15) is 9.59 Å². The van der Waals surface area contributed by atoms with Crippen LogP contribution < -0.4 is 5.32 Å². The Morgan fingerprint density at radius 1 is 1.40 bits per heavy atom. The molecule has 0 saturated heterocycles. The number of thiophene rings is 1. The zero-order chi connectivity index (χ0) is 14.7. The molecule has 0 unspecified atom stereocenters. The summed E-state index contributed by atoms with van der Waals surface area (Å²) in [5.41, 5.74) is 1.07. The number of nitrogens with one attached hydrogen (secondary N) is 1. The number of carbonyl (C=O) groups is 2. The Labute approximate surface area is 124 Å². The minimum Gasteiger partial charge on any atom is -0.462 e. The summed E-state index contributed by atoms with van der Waals surface area (Å²) in [5.74, 6) is -0.678. The first-order valence-electron chi connectivity index (χ1n) is 6.03. The molecule has 20 heavy (non-hydrogen) atoms. The van der Waals surface area contributed by atoms with Crippen molar-refractivity contribution in [2.24, 2.45) is 0 Å². The average molecular weight is 310 g/mol. The highest BCUT2D eigenvalue weighted by Crippen LogP contribution is 2.26. The molecule has 0 aromatic carbocycles. The molecule has 0 atom stereocenters. The van der Waals surface area contributed by atoms with Crippen LogP contribution in [-0.4, -0.2) is 23.5 Å². The third-order valence-corrected chi connectivity index (χ3v) is 4.40. The molecule has 106 valence electrons. The first-order valence-corrected chi connectivity index (χ1v) is 7.72. The summed E-state index contributed by atoms with van der Waals surface area (Å²) in [6.45, 7) is 5.68. The highest BCUT2D eigenvalue weighted by molar-refractivity contribution is 7.15. The van der Waals surface area contributed by atoms with Gasteiger partial charge in [-0.05, 0) is 32.2 Å². The van der Waals surface area contributed by atoms with Crippen LogP contribution in [0.4, 0.5) is 5.00 Å². The number of esters is 1. The second-order valence-electron chi connectivity index (χ2n) is 3.99. The number of carbonyl (C=O) groups excluding carboxylic acids is 2. The normalized spacial score (nSPS) is 10.3. The number of hydrogen-bond donors (Lipinski definition) is 1. The number of aromatic nitrogens is 1. The lowest BCUT2D eigenvalue weighted by atomic mass is 10.3. The molecule has 2 aromatic rings. The Morgan fingerprint density at radius 3 is 2.75 bits per heavy atom. The fraction of sp³-hybridized carbons (Fsp3) is 0.308. The van der Waals surface area contributed by atoms with Gasteiger partial charge in [0.25, 0.3) is 5.91 Å². The van der Waals surface area contributed by atoms with E-state index < -0.39 is 5.97 Å². The van der Waals surface area contributed by atoms with E-state index in [0.717, 1.165) is 5.01 Å². The molecule has 0 aliphatic carbocycles. The van der Waals surface area contributed by atoms with Crippen molar-refractivity contribution in [3.63, 3.8) is 0 Å². The lowest BCUT2D eigenvalue weighted by Gasteiger charge is -2.05. The zero-order valence-corrected chi connectivity index (χ0v) is 13.0. The molecule has 1 amide bonds. The van der Waals surface area contributed by atoms with Crippen LogP contribution in [-0.2, 0) is 4.74 Å². The van der Waals surface area contributed by atoms with Crippen LogP contribution in [0, 0.1) is 13.8 Å². The largest absolute Gasteiger partial charge is 0.462 e. The summed E-state index contributed by atoms with van der Waals surface area (Å²) in [5, 5.41) is 5.83. The second-order valence-corrected chi connectivity index (χ2v) is 6.10. The van der Waals surface area contributed by atoms with Crippen molar-refractivity contribution in [3.8, 4) is 0 Å². The van der Waals surface area contributed by atoms with Gasteiger partial charge in [0.2, 0.25) is 0 Å². The van der Waals surface area contributed by atoms with Gasteiger partial charge in [-0.2, -0.15) is 0 Å². The third kappa shape index (κ3) is 3.05. The maximum atomic E-state index is 12.2. The molecular weight excluding hydrogens is 296 g/mol. The van der Waals surface area contributed by atoms with Gasteiger partial charge in [0.15, 0.2) is 0 Å². The number of nitrogens with zero attached hydrogens (tertiary/aromatic N) is 1. The van der Waals surface area contributed by atoms with E-state index in [2.05, 4.69) is 10.3 Å². The number of ether oxygens (including phenoxy) is 1. The number of aryl methyl sites for hydroxylation is 2. The molecular formula is C13H14N2O3S2. The lowest BCUT2D eigenvalue weighted by molar-refractivity contribution is 0.0528. The number of amides is 1. The molecule has 0 saturated carbocycles. The Kier molecular flexibility index (Phi) is 4.51. The van der Waals surface area contributed by atoms with E-state index in [-0.39, 0.29) is 5.91 Å². The van der Waals surface area contributed by atoms with Crippen molar-refractivity contribution in [1.29, 1.82) is 0 Å². The van der Waals surface area contributed by atoms with Crippen LogP contribution in [0.1, 0.15) is 37.7 Å². The molecule has 0 spiro atoms. The van der Waals surface area contributed by atoms with Gasteiger partial charge < -0.3 is 10.1 Å². The Hall–Kier alpha value is -1.73. The molecule has 2 rings (SSSR count). The van der Waals surface area contributed by atoms with Gasteiger partial charge >= 0.3 is 5.97 Å². The van der Waals surface area contributed by atoms with Gasteiger partial charge in [-0.15, -0.1) is 22.7 Å². The monoisotopic (exact) mass is 310 g/mol. The first-order chi connectivity index (χ1) is 9.52. The molecule has 2 aromatic heterocycles. The maximum absolute atomic E-state index is 12.2. The summed E-state index contributed by atoms with van der Waals surface area (Å²) >= 11 is 2.62. The Balaban J connectivity index is 2.19. The molecule has 5 nitrogen and oxygen atoms in total. The molecule has 0 aliphatic rings. The van der Waals surface area contributed by atoms with Crippen LogP contribution in [0.2, 0.25) is 0 Å². The minimum atomic E-state index is -0.429. The van der Waals surface area contributed by atoms with Crippen LogP contribution in [0.5, 0.6) is 0 Å². The third-order valence-electron chi connectivity index (χ3n) is 2.50. The van der Waals surface area contributed by atoms with Crippen molar-refractivity contribution in [2.45, 2.75) is 20.8 Å². The summed E-state index contributed by atoms with van der Waals surface area (Å²) in [6, 6.07) is 1.64. The number of rotatable bonds is 4. The van der Waals surface area contributed by atoms with Gasteiger partial charge in [-0.1, -0.05) is 0 Å². The molecule has 1 N–H and O–H groups in total. The fourth-order valence-corrected chi connectivity index (χ4v) is 3.26. The van der Waals surface area contributed by atoms with Crippen molar-refractivity contribution >= 4 is 39.6 Å². The molecule has 0 bridgehead atoms. The topological polar surface area (TPSA) is 68.3 Å². The van der Waals surface area contributed by atoms with E-state index in [1.807, 2.05) is 6.92 Å². The summed E-state index contributed by atoms with van der Waals surface area (Å²) < 4.78 is 4.95. The molecule has 2 heterocycles. The minimum absolute atomic E-state index is 0.249. The van der Waals surface area contributed by atoms with Crippen molar-refractivity contribution < 1.29 is 14.3 Å². The van der Waals surface area contributed by atoms with E-state index in [4.69, 9.17) is 4.74 Å². The Bertz CT molecular complexity index is 646. The first kappa shape index (κ1) is 14.7. The van der Waals surface area contributed by atoms with Gasteiger partial charge in [0.05, 0.1) is 22.9 Å². The Morgan fingerprint density at radius 2 is 2.15 bits per heavy atom. The van der Waals surface area contributed by atoms with Crippen molar-refractivity contribution in [3.05, 3.63) is 32.6 Å². The number of hydrogen-bond acceptors (Lipinski definition) is 6. The van der Waals surface area contributed by atoms with E-state index >= 15 is 0 Å². The van der Waals surface area contributed by atoms with Gasteiger partial charge in [-0.3, -0.25) is 4.79 Å². The average Bonchev–Trinajstić information content (AvgIpc) is 2.96. The number of anilines is 1. The second kappa shape index (κ2) is 6.15. The summed E-state index contributed by atoms with van der Waals surface area (Å²) in [6.07, 6.45) is 0. The smallest absolute Gasteiger partial charge is 0.341 e. The van der Waals surface area contributed by atoms with Gasteiger partial charge in [-0.25, -0.2) is 9.78 Å². The molecule has 0 radical (unpaired) electrons. The van der Waals surface area contributed by atoms with Crippen LogP contribution in [0.25, 0.3) is 0 Å². The molecule has 0 fully saturated rings. The van der Waals surface area contributed by atoms with Gasteiger partial charge in [0.1, 0.15) is 9.88 Å². The van der Waals surface area contributed by atoms with Crippen LogP contribution in [0.3, 0.4) is 0 Å². The number of thiazole rings is 1. The van der Waals surface area contributed by atoms with E-state index in [0.29, 0.717) is 27.7 Å². The predicted molar refractivity (Wildman–Crippen MR) is 79.8 cm³/mol. The lowest BCUT2D eigenvalue weighted by Crippen LogP contribution is -2.14. The molecule has 7 heteroatoms.